The molecule has 1 aliphatic heterocycles. The smallest absolute Gasteiger partial charge is 0.255 e. The van der Waals surface area contributed by atoms with Gasteiger partial charge in [0, 0.05) is 12.1 Å². The fourth-order valence-electron chi connectivity index (χ4n) is 2.44. The number of nitrogens with zero attached hydrogens (tertiary/aromatic N) is 2. The van der Waals surface area contributed by atoms with Crippen LogP contribution in [0.25, 0.3) is 0 Å². The van der Waals surface area contributed by atoms with Crippen LogP contribution < -0.4 is 9.47 Å². The Morgan fingerprint density at radius 3 is 2.70 bits per heavy atom. The summed E-state index contributed by atoms with van der Waals surface area (Å²) >= 11 is 0. The molecule has 1 unspecified atom stereocenters. The van der Waals surface area contributed by atoms with E-state index in [9.17, 15) is 4.79 Å². The molecule has 1 aromatic rings. The first-order valence-electron chi connectivity index (χ1n) is 6.64. The van der Waals surface area contributed by atoms with Crippen LogP contribution in [0.2, 0.25) is 0 Å². The van der Waals surface area contributed by atoms with Gasteiger partial charge < -0.3 is 14.4 Å². The molecule has 5 nitrogen and oxygen atoms in total. The van der Waals surface area contributed by atoms with E-state index in [0.29, 0.717) is 23.6 Å². The second kappa shape index (κ2) is 6.29. The topological polar surface area (TPSA) is 62.6 Å². The highest BCUT2D eigenvalue weighted by molar-refractivity contribution is 5.95. The minimum atomic E-state index is -0.329. The van der Waals surface area contributed by atoms with Gasteiger partial charge in [-0.3, -0.25) is 4.79 Å². The molecular formula is C15H18N2O3. The van der Waals surface area contributed by atoms with E-state index >= 15 is 0 Å². The van der Waals surface area contributed by atoms with Crippen molar-refractivity contribution in [2.75, 3.05) is 20.8 Å². The molecule has 5 heteroatoms. The molecule has 1 saturated heterocycles. The average Bonchev–Trinajstić information content (AvgIpc) is 2.53. The number of hydrogen-bond acceptors (Lipinski definition) is 4. The number of carbonyl (C=O) groups excluding carboxylic acids is 1. The van der Waals surface area contributed by atoms with E-state index in [1.165, 1.54) is 7.11 Å². The van der Waals surface area contributed by atoms with Crippen LogP contribution in [0.3, 0.4) is 0 Å². The minimum absolute atomic E-state index is 0.128. The maximum atomic E-state index is 12.5. The molecular weight excluding hydrogens is 256 g/mol. The zero-order chi connectivity index (χ0) is 14.5. The maximum absolute atomic E-state index is 12.5. The van der Waals surface area contributed by atoms with E-state index in [1.807, 2.05) is 0 Å². The van der Waals surface area contributed by atoms with Crippen LogP contribution in [0, 0.1) is 11.3 Å². The number of hydrogen-bond donors (Lipinski definition) is 0. The standard InChI is InChI=1S/C15H18N2O3/c1-19-13-7-6-11(9-14(13)20-2)15(18)17-8-4-3-5-12(17)10-16/h6-7,9,12H,3-5,8H2,1-2H3. The fraction of sp³-hybridized carbons (Fsp3) is 0.467. The molecule has 0 saturated carbocycles. The predicted molar refractivity (Wildman–Crippen MR) is 73.8 cm³/mol. The van der Waals surface area contributed by atoms with Crippen LogP contribution in [0.15, 0.2) is 18.2 Å². The lowest BCUT2D eigenvalue weighted by atomic mass is 10.0. The Balaban J connectivity index is 2.26. The van der Waals surface area contributed by atoms with Gasteiger partial charge in [-0.05, 0) is 37.5 Å². The molecule has 0 bridgehead atoms. The molecule has 0 spiro atoms. The third-order valence-corrected chi connectivity index (χ3v) is 3.54. The van der Waals surface area contributed by atoms with Gasteiger partial charge in [-0.25, -0.2) is 0 Å². The van der Waals surface area contributed by atoms with E-state index in [-0.39, 0.29) is 11.9 Å². The number of rotatable bonds is 3. The van der Waals surface area contributed by atoms with E-state index in [1.54, 1.807) is 30.2 Å². The summed E-state index contributed by atoms with van der Waals surface area (Å²) in [4.78, 5) is 14.2. The van der Waals surface area contributed by atoms with Gasteiger partial charge in [-0.2, -0.15) is 5.26 Å². The van der Waals surface area contributed by atoms with Crippen molar-refractivity contribution in [2.24, 2.45) is 0 Å². The van der Waals surface area contributed by atoms with Crippen LogP contribution in [-0.4, -0.2) is 37.6 Å². The van der Waals surface area contributed by atoms with Crippen molar-refractivity contribution >= 4 is 5.91 Å². The molecule has 1 aliphatic rings. The summed E-state index contributed by atoms with van der Waals surface area (Å²) in [5.74, 6) is 0.973. The summed E-state index contributed by atoms with van der Waals surface area (Å²) in [6.45, 7) is 0.630. The van der Waals surface area contributed by atoms with Crippen molar-refractivity contribution in [1.29, 1.82) is 5.26 Å². The van der Waals surface area contributed by atoms with Crippen molar-refractivity contribution in [3.8, 4) is 17.6 Å². The molecule has 20 heavy (non-hydrogen) atoms. The quantitative estimate of drug-likeness (QED) is 0.848. The highest BCUT2D eigenvalue weighted by Gasteiger charge is 2.27. The lowest BCUT2D eigenvalue weighted by Gasteiger charge is -2.31. The van der Waals surface area contributed by atoms with Crippen molar-refractivity contribution in [2.45, 2.75) is 25.3 Å². The molecule has 0 N–H and O–H groups in total. The van der Waals surface area contributed by atoms with Gasteiger partial charge in [0.2, 0.25) is 0 Å². The lowest BCUT2D eigenvalue weighted by Crippen LogP contribution is -2.42. The van der Waals surface area contributed by atoms with Crippen LogP contribution in [0.5, 0.6) is 11.5 Å². The number of piperidine rings is 1. The fourth-order valence-corrected chi connectivity index (χ4v) is 2.44. The second-order valence-electron chi connectivity index (χ2n) is 4.71. The van der Waals surface area contributed by atoms with Gasteiger partial charge in [0.15, 0.2) is 11.5 Å². The molecule has 1 aromatic carbocycles. The zero-order valence-electron chi connectivity index (χ0n) is 11.8. The Labute approximate surface area is 118 Å². The number of benzene rings is 1. The predicted octanol–water partition coefficient (Wildman–Crippen LogP) is 2.22. The second-order valence-corrected chi connectivity index (χ2v) is 4.71. The van der Waals surface area contributed by atoms with Gasteiger partial charge in [-0.15, -0.1) is 0 Å². The van der Waals surface area contributed by atoms with E-state index in [4.69, 9.17) is 14.7 Å². The normalized spacial score (nSPS) is 18.2. The largest absolute Gasteiger partial charge is 0.493 e. The monoisotopic (exact) mass is 274 g/mol. The highest BCUT2D eigenvalue weighted by atomic mass is 16.5. The first kappa shape index (κ1) is 14.2. The Kier molecular flexibility index (Phi) is 4.46. The number of methoxy groups -OCH3 is 2. The van der Waals surface area contributed by atoms with Crippen molar-refractivity contribution in [1.82, 2.24) is 4.90 Å². The van der Waals surface area contributed by atoms with Crippen molar-refractivity contribution in [3.05, 3.63) is 23.8 Å². The van der Waals surface area contributed by atoms with Gasteiger partial charge in [0.05, 0.1) is 20.3 Å². The molecule has 0 aliphatic carbocycles. The zero-order valence-corrected chi connectivity index (χ0v) is 11.8. The summed E-state index contributed by atoms with van der Waals surface area (Å²) in [5, 5.41) is 9.15. The maximum Gasteiger partial charge on any atom is 0.255 e. The molecule has 1 atom stereocenters. The molecule has 1 heterocycles. The third kappa shape index (κ3) is 2.69. The Hall–Kier alpha value is -2.22. The molecule has 2 rings (SSSR count). The van der Waals surface area contributed by atoms with Gasteiger partial charge in [0.25, 0.3) is 5.91 Å². The molecule has 1 fully saturated rings. The Morgan fingerprint density at radius 2 is 2.05 bits per heavy atom. The minimum Gasteiger partial charge on any atom is -0.493 e. The molecule has 0 radical (unpaired) electrons. The van der Waals surface area contributed by atoms with E-state index in [0.717, 1.165) is 19.3 Å². The summed E-state index contributed by atoms with van der Waals surface area (Å²) in [5.41, 5.74) is 0.518. The first-order chi connectivity index (χ1) is 9.71. The van der Waals surface area contributed by atoms with Crippen LogP contribution in [-0.2, 0) is 0 Å². The van der Waals surface area contributed by atoms with Gasteiger partial charge in [0.1, 0.15) is 6.04 Å². The first-order valence-corrected chi connectivity index (χ1v) is 6.64. The molecule has 0 aromatic heterocycles. The lowest BCUT2D eigenvalue weighted by molar-refractivity contribution is 0.0670. The number of carbonyl (C=O) groups is 1. The van der Waals surface area contributed by atoms with Gasteiger partial charge >= 0.3 is 0 Å². The summed E-state index contributed by atoms with van der Waals surface area (Å²) in [6.07, 6.45) is 2.68. The van der Waals surface area contributed by atoms with E-state index in [2.05, 4.69) is 6.07 Å². The highest BCUT2D eigenvalue weighted by Crippen LogP contribution is 2.29. The summed E-state index contributed by atoms with van der Waals surface area (Å²) in [6, 6.07) is 6.94. The van der Waals surface area contributed by atoms with Crippen molar-refractivity contribution < 1.29 is 14.3 Å². The molecule has 106 valence electrons. The van der Waals surface area contributed by atoms with Crippen LogP contribution >= 0.6 is 0 Å². The summed E-state index contributed by atoms with van der Waals surface area (Å²) in [7, 11) is 3.08. The van der Waals surface area contributed by atoms with E-state index < -0.39 is 0 Å². The van der Waals surface area contributed by atoms with Crippen LogP contribution in [0.4, 0.5) is 0 Å². The average molecular weight is 274 g/mol. The number of amides is 1. The Bertz CT molecular complexity index is 536. The van der Waals surface area contributed by atoms with Crippen molar-refractivity contribution in [3.63, 3.8) is 0 Å². The number of nitriles is 1. The molecule has 1 amide bonds. The van der Waals surface area contributed by atoms with Gasteiger partial charge in [-0.1, -0.05) is 0 Å². The number of likely N-dealkylation sites (tertiary alicyclic amines) is 1. The SMILES string of the molecule is COc1ccc(C(=O)N2CCCCC2C#N)cc1OC. The number of ether oxygens (including phenoxy) is 2. The summed E-state index contributed by atoms with van der Waals surface area (Å²) < 4.78 is 10.4. The van der Waals surface area contributed by atoms with Crippen LogP contribution in [0.1, 0.15) is 29.6 Å². The Morgan fingerprint density at radius 1 is 1.30 bits per heavy atom. The third-order valence-electron chi connectivity index (χ3n) is 3.54.